The lowest BCUT2D eigenvalue weighted by atomic mass is 9.85. The minimum atomic E-state index is -4.16. The fourth-order valence-corrected chi connectivity index (χ4v) is 7.72. The van der Waals surface area contributed by atoms with E-state index in [2.05, 4.69) is 10.6 Å². The summed E-state index contributed by atoms with van der Waals surface area (Å²) < 4.78 is 80.1. The molecule has 3 fully saturated rings. The number of nitrogens with one attached hydrogen (secondary N) is 3. The first kappa shape index (κ1) is 38.1. The van der Waals surface area contributed by atoms with Gasteiger partial charge >= 0.3 is 12.2 Å². The summed E-state index contributed by atoms with van der Waals surface area (Å²) >= 11 is 0. The Kier molecular flexibility index (Phi) is 10.6. The number of likely N-dealkylation sites (tertiary alicyclic amines) is 1. The Labute approximate surface area is 294 Å². The van der Waals surface area contributed by atoms with Crippen molar-refractivity contribution in [2.45, 2.75) is 109 Å². The number of ether oxygens (including phenoxy) is 2. The Morgan fingerprint density at radius 2 is 1.76 bits per heavy atom. The molecule has 1 unspecified atom stereocenters. The van der Waals surface area contributed by atoms with Gasteiger partial charge in [-0.3, -0.25) is 24.0 Å². The highest BCUT2D eigenvalue weighted by Crippen LogP contribution is 2.48. The molecule has 1 aromatic carbocycles. The number of hydrogen-bond acceptors (Lipinski definition) is 9. The van der Waals surface area contributed by atoms with Crippen molar-refractivity contribution in [2.75, 3.05) is 13.2 Å². The molecule has 0 radical (unpaired) electrons. The van der Waals surface area contributed by atoms with E-state index < -0.39 is 98.9 Å². The predicted molar refractivity (Wildman–Crippen MR) is 174 cm³/mol. The molecular formula is C33H44F3N5O9S. The Hall–Kier alpha value is -4.09. The lowest BCUT2D eigenvalue weighted by molar-refractivity contribution is -0.143. The summed E-state index contributed by atoms with van der Waals surface area (Å²) in [6.45, 7) is 8.27. The number of alkyl carbamates (subject to hydrolysis) is 1. The van der Waals surface area contributed by atoms with Crippen LogP contribution in [0.3, 0.4) is 0 Å². The largest absolute Gasteiger partial charge is 0.449 e. The van der Waals surface area contributed by atoms with Gasteiger partial charge in [-0.25, -0.2) is 31.2 Å². The normalized spacial score (nSPS) is 24.9. The van der Waals surface area contributed by atoms with Crippen molar-refractivity contribution in [3.8, 4) is 0 Å². The zero-order valence-electron chi connectivity index (χ0n) is 29.0. The van der Waals surface area contributed by atoms with Crippen molar-refractivity contribution in [1.29, 1.82) is 0 Å². The van der Waals surface area contributed by atoms with E-state index in [1.807, 2.05) is 18.6 Å². The van der Waals surface area contributed by atoms with Crippen LogP contribution >= 0.6 is 0 Å². The summed E-state index contributed by atoms with van der Waals surface area (Å²) in [4.78, 5) is 69.6. The molecule has 2 aliphatic heterocycles. The molecule has 5 amide bonds. The predicted octanol–water partition coefficient (Wildman–Crippen LogP) is 2.79. The van der Waals surface area contributed by atoms with Crippen molar-refractivity contribution >= 4 is 39.9 Å². The standard InChI is InChI=1S/C33H44F3N5O9S/c1-17(2)16-49-30(45)37-25(32(3,4)5)28(43)41-14-19(50-31(46)40-13-18-7-6-8-23(34)21(18)15-40)11-24(41)27(42)38-33(12-22(33)26(35)36)29(44)39-51(47,48)20-9-10-20/h6-8,17,19-20,22,24-26H,9-16H2,1-5H3,(H,37,45)(H,38,42)(H,39,44)/t19-,22+,24?,25-,33+/m1/s1. The molecule has 5 atom stereocenters. The topological polar surface area (TPSA) is 181 Å². The van der Waals surface area contributed by atoms with E-state index in [4.69, 9.17) is 9.47 Å². The number of halogens is 3. The van der Waals surface area contributed by atoms with Crippen LogP contribution in [0, 0.1) is 23.1 Å². The van der Waals surface area contributed by atoms with E-state index in [1.54, 1.807) is 26.8 Å². The van der Waals surface area contributed by atoms with Crippen LogP contribution in [-0.4, -0.2) is 96.7 Å². The molecule has 2 saturated carbocycles. The van der Waals surface area contributed by atoms with Gasteiger partial charge in [0.1, 0.15) is 29.5 Å². The van der Waals surface area contributed by atoms with Crippen molar-refractivity contribution in [2.24, 2.45) is 17.3 Å². The van der Waals surface area contributed by atoms with Gasteiger partial charge in [0.2, 0.25) is 28.3 Å². The van der Waals surface area contributed by atoms with E-state index in [-0.39, 0.29) is 38.6 Å². The van der Waals surface area contributed by atoms with Crippen molar-refractivity contribution in [3.63, 3.8) is 0 Å². The first-order chi connectivity index (χ1) is 23.7. The Bertz CT molecular complexity index is 1680. The van der Waals surface area contributed by atoms with Gasteiger partial charge in [-0.15, -0.1) is 0 Å². The molecular weight excluding hydrogens is 699 g/mol. The van der Waals surface area contributed by atoms with Gasteiger partial charge in [0, 0.05) is 18.5 Å². The second kappa shape index (κ2) is 14.1. The zero-order chi connectivity index (χ0) is 37.6. The summed E-state index contributed by atoms with van der Waals surface area (Å²) in [6, 6.07) is 1.67. The molecule has 1 saturated heterocycles. The first-order valence-corrected chi connectivity index (χ1v) is 18.4. The average Bonchev–Trinajstić information content (AvgIpc) is 3.93. The van der Waals surface area contributed by atoms with Crippen molar-refractivity contribution in [3.05, 3.63) is 35.1 Å². The van der Waals surface area contributed by atoms with Crippen molar-refractivity contribution < 1.29 is 55.0 Å². The van der Waals surface area contributed by atoms with Gasteiger partial charge in [0.05, 0.1) is 30.9 Å². The number of benzene rings is 1. The highest BCUT2D eigenvalue weighted by molar-refractivity contribution is 7.91. The molecule has 282 valence electrons. The molecule has 2 heterocycles. The number of amides is 5. The number of rotatable bonds is 11. The average molecular weight is 744 g/mol. The van der Waals surface area contributed by atoms with E-state index >= 15 is 0 Å². The van der Waals surface area contributed by atoms with Crippen LogP contribution < -0.4 is 15.4 Å². The maximum atomic E-state index is 14.4. The molecule has 0 aromatic heterocycles. The SMILES string of the molecule is CC(C)COC(=O)N[C@H](C(=O)N1C[C@H](OC(=O)N2Cc3cccc(F)c3C2)CC1C(=O)N[C@@]1(C(=O)NS(=O)(=O)C2CC2)C[C@H]1C(F)F)C(C)(C)C. The summed E-state index contributed by atoms with van der Waals surface area (Å²) in [5, 5.41) is 4.01. The molecule has 0 bridgehead atoms. The van der Waals surface area contributed by atoms with E-state index in [9.17, 15) is 45.6 Å². The summed E-state index contributed by atoms with van der Waals surface area (Å²) in [6.07, 6.45) is -6.25. The molecule has 18 heteroatoms. The molecule has 2 aliphatic carbocycles. The van der Waals surface area contributed by atoms with Crippen LogP contribution in [0.1, 0.15) is 71.4 Å². The summed E-state index contributed by atoms with van der Waals surface area (Å²) in [5.41, 5.74) is -2.32. The number of hydrogen-bond donors (Lipinski definition) is 3. The lowest BCUT2D eigenvalue weighted by Crippen LogP contribution is -2.60. The van der Waals surface area contributed by atoms with E-state index in [0.717, 1.165) is 4.90 Å². The monoisotopic (exact) mass is 743 g/mol. The third-order valence-corrected chi connectivity index (χ3v) is 11.3. The Morgan fingerprint density at radius 3 is 2.33 bits per heavy atom. The maximum absolute atomic E-state index is 14.4. The molecule has 3 N–H and O–H groups in total. The minimum absolute atomic E-state index is 0.00944. The Morgan fingerprint density at radius 1 is 1.08 bits per heavy atom. The van der Waals surface area contributed by atoms with Crippen LogP contribution in [0.5, 0.6) is 0 Å². The minimum Gasteiger partial charge on any atom is -0.449 e. The zero-order valence-corrected chi connectivity index (χ0v) is 29.9. The molecule has 5 rings (SSSR count). The third kappa shape index (κ3) is 8.36. The second-order valence-electron chi connectivity index (χ2n) is 15.2. The number of sulfonamides is 1. The summed E-state index contributed by atoms with van der Waals surface area (Å²) in [7, 11) is -4.16. The van der Waals surface area contributed by atoms with Gasteiger partial charge in [-0.05, 0) is 42.2 Å². The number of nitrogens with zero attached hydrogens (tertiary/aromatic N) is 2. The fraction of sp³-hybridized carbons (Fsp3) is 0.667. The molecule has 14 nitrogen and oxygen atoms in total. The van der Waals surface area contributed by atoms with Crippen LogP contribution in [0.25, 0.3) is 0 Å². The highest BCUT2D eigenvalue weighted by atomic mass is 32.2. The molecule has 4 aliphatic rings. The van der Waals surface area contributed by atoms with Gasteiger partial charge in [-0.1, -0.05) is 46.8 Å². The third-order valence-electron chi connectivity index (χ3n) is 9.49. The first-order valence-electron chi connectivity index (χ1n) is 16.8. The van der Waals surface area contributed by atoms with E-state index in [1.165, 1.54) is 17.0 Å². The molecule has 0 spiro atoms. The number of carbonyl (C=O) groups is 5. The molecule has 1 aromatic rings. The van der Waals surface area contributed by atoms with Gasteiger partial charge in [-0.2, -0.15) is 0 Å². The number of carbonyl (C=O) groups excluding carboxylic acids is 5. The highest BCUT2D eigenvalue weighted by Gasteiger charge is 2.67. The molecule has 51 heavy (non-hydrogen) atoms. The number of fused-ring (bicyclic) bond motifs is 1. The van der Waals surface area contributed by atoms with Crippen LogP contribution in [0.2, 0.25) is 0 Å². The summed E-state index contributed by atoms with van der Waals surface area (Å²) in [5.74, 6) is -5.36. The Balaban J connectivity index is 1.38. The second-order valence-corrected chi connectivity index (χ2v) is 17.2. The van der Waals surface area contributed by atoms with E-state index in [0.29, 0.717) is 24.0 Å². The van der Waals surface area contributed by atoms with Crippen LogP contribution in [0.4, 0.5) is 22.8 Å². The maximum Gasteiger partial charge on any atom is 0.410 e. The van der Waals surface area contributed by atoms with Gasteiger partial charge in [0.25, 0.3) is 5.91 Å². The van der Waals surface area contributed by atoms with Gasteiger partial charge in [0.15, 0.2) is 0 Å². The lowest BCUT2D eigenvalue weighted by Gasteiger charge is -2.35. The number of alkyl halides is 2. The van der Waals surface area contributed by atoms with Crippen molar-refractivity contribution in [1.82, 2.24) is 25.2 Å². The fourth-order valence-electron chi connectivity index (χ4n) is 6.36. The van der Waals surface area contributed by atoms with Crippen LogP contribution in [0.15, 0.2) is 18.2 Å². The van der Waals surface area contributed by atoms with Gasteiger partial charge < -0.3 is 25.0 Å². The smallest absolute Gasteiger partial charge is 0.410 e. The quantitative estimate of drug-likeness (QED) is 0.307. The van der Waals surface area contributed by atoms with Crippen LogP contribution in [-0.2, 0) is 47.0 Å².